The van der Waals surface area contributed by atoms with Crippen molar-refractivity contribution in [2.24, 2.45) is 0 Å². The molecule has 2 aromatic rings. The molecule has 1 aliphatic rings. The minimum atomic E-state index is -4.52. The van der Waals surface area contributed by atoms with Gasteiger partial charge in [0.1, 0.15) is 5.75 Å². The maximum atomic E-state index is 12.6. The van der Waals surface area contributed by atoms with Gasteiger partial charge in [-0.05, 0) is 37.6 Å². The standard InChI is InChI=1S/C14H15F3N4O2/c15-14(16,17)8-3-4-10(11(22)6-8)12-20-21-13(23-12)19-9-2-1-5-18-7-9/h3-4,6,9,18,22H,1-2,5,7H2,(H,19,21). The summed E-state index contributed by atoms with van der Waals surface area (Å²) in [5, 5.41) is 23.6. The number of aromatic hydroxyl groups is 1. The van der Waals surface area contributed by atoms with Crippen molar-refractivity contribution in [1.29, 1.82) is 0 Å². The van der Waals surface area contributed by atoms with Gasteiger partial charge in [0, 0.05) is 12.6 Å². The van der Waals surface area contributed by atoms with Crippen LogP contribution in [0.15, 0.2) is 22.6 Å². The molecule has 1 fully saturated rings. The Bertz CT molecular complexity index is 681. The van der Waals surface area contributed by atoms with Gasteiger partial charge in [-0.3, -0.25) is 0 Å². The summed E-state index contributed by atoms with van der Waals surface area (Å²) in [5.41, 5.74) is -0.884. The van der Waals surface area contributed by atoms with Crippen molar-refractivity contribution in [3.05, 3.63) is 23.8 Å². The molecule has 6 nitrogen and oxygen atoms in total. The predicted molar refractivity (Wildman–Crippen MR) is 75.9 cm³/mol. The van der Waals surface area contributed by atoms with Crippen LogP contribution in [0, 0.1) is 0 Å². The molecule has 3 N–H and O–H groups in total. The highest BCUT2D eigenvalue weighted by Crippen LogP contribution is 2.36. The van der Waals surface area contributed by atoms with Gasteiger partial charge >= 0.3 is 12.2 Å². The SMILES string of the molecule is Oc1cc(C(F)(F)F)ccc1-c1nnc(NC2CCCNC2)o1. The van der Waals surface area contributed by atoms with Crippen molar-refractivity contribution in [1.82, 2.24) is 15.5 Å². The number of nitrogens with one attached hydrogen (secondary N) is 2. The molecule has 1 unspecified atom stereocenters. The van der Waals surface area contributed by atoms with E-state index in [-0.39, 0.29) is 23.5 Å². The highest BCUT2D eigenvalue weighted by Gasteiger charge is 2.31. The molecule has 0 saturated carbocycles. The van der Waals surface area contributed by atoms with Gasteiger partial charge in [0.05, 0.1) is 11.1 Å². The Morgan fingerprint density at radius 1 is 1.30 bits per heavy atom. The van der Waals surface area contributed by atoms with Crippen molar-refractivity contribution in [3.63, 3.8) is 0 Å². The zero-order chi connectivity index (χ0) is 16.4. The lowest BCUT2D eigenvalue weighted by Gasteiger charge is -2.22. The van der Waals surface area contributed by atoms with E-state index in [2.05, 4.69) is 20.8 Å². The van der Waals surface area contributed by atoms with Gasteiger partial charge in [-0.15, -0.1) is 5.10 Å². The first-order valence-electron chi connectivity index (χ1n) is 7.15. The van der Waals surface area contributed by atoms with E-state index in [0.717, 1.165) is 38.1 Å². The Labute approximate surface area is 129 Å². The first-order valence-corrected chi connectivity index (χ1v) is 7.15. The number of aromatic nitrogens is 2. The third-order valence-electron chi connectivity index (χ3n) is 3.60. The maximum absolute atomic E-state index is 12.6. The van der Waals surface area contributed by atoms with Gasteiger partial charge in [-0.1, -0.05) is 5.10 Å². The molecule has 0 spiro atoms. The first-order chi connectivity index (χ1) is 10.9. The minimum absolute atomic E-state index is 0.0394. The number of benzene rings is 1. The summed E-state index contributed by atoms with van der Waals surface area (Å²) in [5.74, 6) is -0.600. The zero-order valence-electron chi connectivity index (χ0n) is 12.0. The molecule has 1 aliphatic heterocycles. The van der Waals surface area contributed by atoms with Gasteiger partial charge in [-0.25, -0.2) is 0 Å². The smallest absolute Gasteiger partial charge is 0.416 e. The van der Waals surface area contributed by atoms with E-state index in [1.807, 2.05) is 0 Å². The summed E-state index contributed by atoms with van der Waals surface area (Å²) in [4.78, 5) is 0. The largest absolute Gasteiger partial charge is 0.507 e. The molecule has 1 aromatic heterocycles. The molecule has 0 aliphatic carbocycles. The van der Waals surface area contributed by atoms with Gasteiger partial charge in [-0.2, -0.15) is 13.2 Å². The summed E-state index contributed by atoms with van der Waals surface area (Å²) in [6, 6.07) is 2.93. The number of piperidine rings is 1. The molecule has 0 bridgehead atoms. The Balaban J connectivity index is 1.77. The topological polar surface area (TPSA) is 83.2 Å². The third kappa shape index (κ3) is 3.55. The number of alkyl halides is 3. The third-order valence-corrected chi connectivity index (χ3v) is 3.60. The molecule has 124 valence electrons. The second kappa shape index (κ2) is 6.07. The van der Waals surface area contributed by atoms with Gasteiger partial charge in [0.15, 0.2) is 0 Å². The normalized spacial score (nSPS) is 18.8. The molecule has 1 saturated heterocycles. The number of anilines is 1. The molecule has 0 radical (unpaired) electrons. The van der Waals surface area contributed by atoms with E-state index in [0.29, 0.717) is 6.07 Å². The van der Waals surface area contributed by atoms with Crippen LogP contribution < -0.4 is 10.6 Å². The number of hydrogen-bond acceptors (Lipinski definition) is 6. The summed E-state index contributed by atoms with van der Waals surface area (Å²) in [6.45, 7) is 1.73. The van der Waals surface area contributed by atoms with Crippen LogP contribution in [0.4, 0.5) is 19.2 Å². The van der Waals surface area contributed by atoms with Crippen LogP contribution in [-0.2, 0) is 6.18 Å². The van der Waals surface area contributed by atoms with Gasteiger partial charge in [0.25, 0.3) is 5.89 Å². The first kappa shape index (κ1) is 15.6. The van der Waals surface area contributed by atoms with Crippen LogP contribution in [0.3, 0.4) is 0 Å². The second-order valence-corrected chi connectivity index (χ2v) is 5.33. The van der Waals surface area contributed by atoms with E-state index >= 15 is 0 Å². The van der Waals surface area contributed by atoms with Crippen LogP contribution >= 0.6 is 0 Å². The van der Waals surface area contributed by atoms with E-state index < -0.39 is 17.5 Å². The number of halogens is 3. The zero-order valence-corrected chi connectivity index (χ0v) is 12.0. The Morgan fingerprint density at radius 3 is 2.78 bits per heavy atom. The van der Waals surface area contributed by atoms with Crippen molar-refractivity contribution >= 4 is 6.01 Å². The minimum Gasteiger partial charge on any atom is -0.507 e. The predicted octanol–water partition coefficient (Wildman–Crippen LogP) is 2.62. The van der Waals surface area contributed by atoms with Crippen molar-refractivity contribution in [2.45, 2.75) is 25.1 Å². The Kier molecular flexibility index (Phi) is 4.12. The number of hydrogen-bond donors (Lipinski definition) is 3. The fourth-order valence-electron chi connectivity index (χ4n) is 2.43. The molecule has 0 amide bonds. The molecule has 23 heavy (non-hydrogen) atoms. The number of phenols is 1. The van der Waals surface area contributed by atoms with Crippen LogP contribution in [0.1, 0.15) is 18.4 Å². The molecule has 3 rings (SSSR count). The van der Waals surface area contributed by atoms with Crippen LogP contribution in [-0.4, -0.2) is 34.4 Å². The van der Waals surface area contributed by atoms with Crippen LogP contribution in [0.2, 0.25) is 0 Å². The molecular weight excluding hydrogens is 313 g/mol. The summed E-state index contributed by atoms with van der Waals surface area (Å²) in [6.07, 6.45) is -2.54. The molecule has 1 aromatic carbocycles. The van der Waals surface area contributed by atoms with Crippen LogP contribution in [0.5, 0.6) is 5.75 Å². The lowest BCUT2D eigenvalue weighted by Crippen LogP contribution is -2.38. The van der Waals surface area contributed by atoms with E-state index in [1.165, 1.54) is 0 Å². The average Bonchev–Trinajstić information content (AvgIpc) is 2.95. The lowest BCUT2D eigenvalue weighted by molar-refractivity contribution is -0.137. The van der Waals surface area contributed by atoms with E-state index in [1.54, 1.807) is 0 Å². The monoisotopic (exact) mass is 328 g/mol. The molecule has 2 heterocycles. The second-order valence-electron chi connectivity index (χ2n) is 5.33. The number of rotatable bonds is 3. The van der Waals surface area contributed by atoms with Gasteiger partial charge in [0.2, 0.25) is 0 Å². The summed E-state index contributed by atoms with van der Waals surface area (Å²) in [7, 11) is 0. The summed E-state index contributed by atoms with van der Waals surface area (Å²) >= 11 is 0. The molecular formula is C14H15F3N4O2. The highest BCUT2D eigenvalue weighted by molar-refractivity contribution is 5.63. The Hall–Kier alpha value is -2.29. The fraction of sp³-hybridized carbons (Fsp3) is 0.429. The lowest BCUT2D eigenvalue weighted by atomic mass is 10.1. The van der Waals surface area contributed by atoms with Crippen LogP contribution in [0.25, 0.3) is 11.5 Å². The quantitative estimate of drug-likeness (QED) is 0.803. The summed E-state index contributed by atoms with van der Waals surface area (Å²) < 4.78 is 43.1. The number of nitrogens with zero attached hydrogens (tertiary/aromatic N) is 2. The van der Waals surface area contributed by atoms with Crippen molar-refractivity contribution in [2.75, 3.05) is 18.4 Å². The molecule has 1 atom stereocenters. The van der Waals surface area contributed by atoms with Crippen molar-refractivity contribution in [3.8, 4) is 17.2 Å². The maximum Gasteiger partial charge on any atom is 0.416 e. The molecule has 9 heteroatoms. The van der Waals surface area contributed by atoms with E-state index in [4.69, 9.17) is 4.42 Å². The Morgan fingerprint density at radius 2 is 2.13 bits per heavy atom. The highest BCUT2D eigenvalue weighted by atomic mass is 19.4. The fourth-order valence-corrected chi connectivity index (χ4v) is 2.43. The average molecular weight is 328 g/mol. The van der Waals surface area contributed by atoms with Gasteiger partial charge < -0.3 is 20.2 Å². The van der Waals surface area contributed by atoms with E-state index in [9.17, 15) is 18.3 Å². The van der Waals surface area contributed by atoms with Crippen molar-refractivity contribution < 1.29 is 22.7 Å². The number of phenolic OH excluding ortho intramolecular Hbond substituents is 1.